The fraction of sp³-hybridized carbons (Fsp3) is 0.500. The van der Waals surface area contributed by atoms with E-state index in [9.17, 15) is 0 Å². The van der Waals surface area contributed by atoms with E-state index in [4.69, 9.17) is 0 Å². The van der Waals surface area contributed by atoms with Crippen molar-refractivity contribution in [3.8, 4) is 0 Å². The maximum Gasteiger partial charge on any atom is 0.0399 e. The second-order valence-electron chi connectivity index (χ2n) is 4.81. The Morgan fingerprint density at radius 1 is 1.14 bits per heavy atom. The quantitative estimate of drug-likeness (QED) is 0.738. The molecule has 0 atom stereocenters. The zero-order valence-electron chi connectivity index (χ0n) is 9.56. The molecule has 0 heterocycles. The van der Waals surface area contributed by atoms with Gasteiger partial charge in [0.15, 0.2) is 0 Å². The summed E-state index contributed by atoms with van der Waals surface area (Å²) in [6.45, 7) is 6.71. The van der Waals surface area contributed by atoms with E-state index in [1.54, 1.807) is 0 Å². The van der Waals surface area contributed by atoms with E-state index < -0.39 is 0 Å². The first-order valence-corrected chi connectivity index (χ1v) is 5.59. The normalized spacial score (nSPS) is 11.6. The number of hydrogen-bond acceptors (Lipinski definition) is 1. The average molecular weight is 256 g/mol. The molecule has 1 rings (SSSR count). The van der Waals surface area contributed by atoms with Crippen molar-refractivity contribution in [2.75, 3.05) is 19.0 Å². The van der Waals surface area contributed by atoms with Crippen LogP contribution in [-0.4, -0.2) is 14.1 Å². The van der Waals surface area contributed by atoms with Crippen LogP contribution < -0.4 is 4.90 Å². The van der Waals surface area contributed by atoms with Gasteiger partial charge in [0.25, 0.3) is 0 Å². The highest BCUT2D eigenvalue weighted by molar-refractivity contribution is 9.10. The number of halogens is 1. The first kappa shape index (κ1) is 11.6. The van der Waals surface area contributed by atoms with Crippen molar-refractivity contribution in [2.24, 2.45) is 0 Å². The first-order valence-electron chi connectivity index (χ1n) is 4.80. The van der Waals surface area contributed by atoms with Gasteiger partial charge in [0.2, 0.25) is 0 Å². The van der Waals surface area contributed by atoms with Gasteiger partial charge in [0, 0.05) is 24.3 Å². The second kappa shape index (κ2) is 3.93. The third-order valence-corrected chi connectivity index (χ3v) is 2.74. The van der Waals surface area contributed by atoms with Crippen molar-refractivity contribution in [3.05, 3.63) is 28.2 Å². The standard InChI is InChI=1S/C12H18BrN/c1-12(2,3)10-8-9(13)6-7-11(10)14(4)5/h6-8H,1-5H3. The predicted molar refractivity (Wildman–Crippen MR) is 67.2 cm³/mol. The summed E-state index contributed by atoms with van der Waals surface area (Å²) in [6.07, 6.45) is 0. The number of hydrogen-bond donors (Lipinski definition) is 0. The van der Waals surface area contributed by atoms with Gasteiger partial charge in [-0.3, -0.25) is 0 Å². The van der Waals surface area contributed by atoms with Crippen LogP contribution in [-0.2, 0) is 5.41 Å². The van der Waals surface area contributed by atoms with Crippen molar-refractivity contribution in [1.82, 2.24) is 0 Å². The molecule has 0 bridgehead atoms. The Morgan fingerprint density at radius 3 is 2.14 bits per heavy atom. The van der Waals surface area contributed by atoms with E-state index in [0.717, 1.165) is 4.47 Å². The lowest BCUT2D eigenvalue weighted by Gasteiger charge is -2.26. The predicted octanol–water partition coefficient (Wildman–Crippen LogP) is 3.81. The van der Waals surface area contributed by atoms with Crippen LogP contribution >= 0.6 is 15.9 Å². The molecule has 0 amide bonds. The molecule has 14 heavy (non-hydrogen) atoms. The summed E-state index contributed by atoms with van der Waals surface area (Å²) >= 11 is 3.52. The third-order valence-electron chi connectivity index (χ3n) is 2.25. The van der Waals surface area contributed by atoms with Gasteiger partial charge in [-0.05, 0) is 29.2 Å². The summed E-state index contributed by atoms with van der Waals surface area (Å²) in [5.41, 5.74) is 2.85. The molecule has 0 fully saturated rings. The van der Waals surface area contributed by atoms with Crippen LogP contribution in [0, 0.1) is 0 Å². The number of anilines is 1. The van der Waals surface area contributed by atoms with E-state index in [1.165, 1.54) is 11.3 Å². The molecular weight excluding hydrogens is 238 g/mol. The molecule has 0 N–H and O–H groups in total. The minimum atomic E-state index is 0.184. The molecule has 2 heteroatoms. The van der Waals surface area contributed by atoms with Crippen molar-refractivity contribution in [2.45, 2.75) is 26.2 Å². The van der Waals surface area contributed by atoms with Gasteiger partial charge in [-0.15, -0.1) is 0 Å². The van der Waals surface area contributed by atoms with Crippen LogP contribution in [0.4, 0.5) is 5.69 Å². The van der Waals surface area contributed by atoms with Crippen molar-refractivity contribution < 1.29 is 0 Å². The van der Waals surface area contributed by atoms with Crippen LogP contribution in [0.5, 0.6) is 0 Å². The zero-order valence-corrected chi connectivity index (χ0v) is 11.1. The molecule has 0 aliphatic carbocycles. The van der Waals surface area contributed by atoms with Gasteiger partial charge in [-0.2, -0.15) is 0 Å². The monoisotopic (exact) mass is 255 g/mol. The van der Waals surface area contributed by atoms with Crippen LogP contribution in [0.15, 0.2) is 22.7 Å². The Labute approximate surface area is 95.2 Å². The molecule has 1 aromatic rings. The van der Waals surface area contributed by atoms with E-state index >= 15 is 0 Å². The highest BCUT2D eigenvalue weighted by Gasteiger charge is 2.18. The summed E-state index contributed by atoms with van der Waals surface area (Å²) in [6, 6.07) is 6.45. The smallest absolute Gasteiger partial charge is 0.0399 e. The molecule has 78 valence electrons. The van der Waals surface area contributed by atoms with Crippen molar-refractivity contribution in [1.29, 1.82) is 0 Å². The average Bonchev–Trinajstić information content (AvgIpc) is 2.01. The van der Waals surface area contributed by atoms with Crippen LogP contribution in [0.25, 0.3) is 0 Å². The minimum absolute atomic E-state index is 0.184. The maximum atomic E-state index is 3.52. The van der Waals surface area contributed by atoms with Crippen molar-refractivity contribution >= 4 is 21.6 Å². The molecule has 0 saturated carbocycles. The molecular formula is C12H18BrN. The van der Waals surface area contributed by atoms with Gasteiger partial charge < -0.3 is 4.90 Å². The van der Waals surface area contributed by atoms with Gasteiger partial charge in [-0.25, -0.2) is 0 Å². The second-order valence-corrected chi connectivity index (χ2v) is 5.72. The Hall–Kier alpha value is -0.500. The summed E-state index contributed by atoms with van der Waals surface area (Å²) in [7, 11) is 4.16. The van der Waals surface area contributed by atoms with Crippen LogP contribution in [0.2, 0.25) is 0 Å². The molecule has 0 radical (unpaired) electrons. The summed E-state index contributed by atoms with van der Waals surface area (Å²) in [5.74, 6) is 0. The Morgan fingerprint density at radius 2 is 1.71 bits per heavy atom. The van der Waals surface area contributed by atoms with E-state index in [1.807, 2.05) is 0 Å². The third kappa shape index (κ3) is 2.50. The summed E-state index contributed by atoms with van der Waals surface area (Å²) in [4.78, 5) is 2.16. The highest BCUT2D eigenvalue weighted by atomic mass is 79.9. The highest BCUT2D eigenvalue weighted by Crippen LogP contribution is 2.33. The minimum Gasteiger partial charge on any atom is -0.377 e. The number of nitrogens with zero attached hydrogens (tertiary/aromatic N) is 1. The Balaban J connectivity index is 3.30. The fourth-order valence-corrected chi connectivity index (χ4v) is 1.86. The number of rotatable bonds is 1. The summed E-state index contributed by atoms with van der Waals surface area (Å²) < 4.78 is 1.15. The topological polar surface area (TPSA) is 3.24 Å². The SMILES string of the molecule is CN(C)c1ccc(Br)cc1C(C)(C)C. The molecule has 0 aliphatic heterocycles. The molecule has 1 nitrogen and oxygen atoms in total. The van der Waals surface area contributed by atoms with E-state index in [2.05, 4.69) is 73.9 Å². The zero-order chi connectivity index (χ0) is 10.9. The van der Waals surface area contributed by atoms with Crippen LogP contribution in [0.3, 0.4) is 0 Å². The Kier molecular flexibility index (Phi) is 3.25. The first-order chi connectivity index (χ1) is 6.32. The number of benzene rings is 1. The van der Waals surface area contributed by atoms with Gasteiger partial charge in [-0.1, -0.05) is 36.7 Å². The lowest BCUT2D eigenvalue weighted by Crippen LogP contribution is -2.19. The van der Waals surface area contributed by atoms with E-state index in [-0.39, 0.29) is 5.41 Å². The van der Waals surface area contributed by atoms with Crippen LogP contribution in [0.1, 0.15) is 26.3 Å². The summed E-state index contributed by atoms with van der Waals surface area (Å²) in [5, 5.41) is 0. The molecule has 0 unspecified atom stereocenters. The molecule has 0 aromatic heterocycles. The molecule has 0 spiro atoms. The van der Waals surface area contributed by atoms with Gasteiger partial charge >= 0.3 is 0 Å². The van der Waals surface area contributed by atoms with E-state index in [0.29, 0.717) is 0 Å². The molecule has 0 aliphatic rings. The molecule has 0 saturated heterocycles. The largest absolute Gasteiger partial charge is 0.377 e. The lowest BCUT2D eigenvalue weighted by molar-refractivity contribution is 0.589. The fourth-order valence-electron chi connectivity index (χ4n) is 1.50. The Bertz CT molecular complexity index is 324. The lowest BCUT2D eigenvalue weighted by atomic mass is 9.85. The maximum absolute atomic E-state index is 3.52. The van der Waals surface area contributed by atoms with Crippen molar-refractivity contribution in [3.63, 3.8) is 0 Å². The molecule has 1 aromatic carbocycles. The van der Waals surface area contributed by atoms with Gasteiger partial charge in [0.05, 0.1) is 0 Å². The van der Waals surface area contributed by atoms with Gasteiger partial charge in [0.1, 0.15) is 0 Å².